The molecule has 0 spiro atoms. The van der Waals surface area contributed by atoms with Crippen molar-refractivity contribution in [3.05, 3.63) is 29.8 Å². The van der Waals surface area contributed by atoms with Crippen LogP contribution in [0.5, 0.6) is 5.75 Å². The first kappa shape index (κ1) is 17.1. The predicted octanol–water partition coefficient (Wildman–Crippen LogP) is 0.920. The minimum Gasteiger partial charge on any atom is -0.480 e. The number of hydrogen-bond donors (Lipinski definition) is 3. The first-order valence-corrected chi connectivity index (χ1v) is 6.84. The number of carboxylic acids is 1. The van der Waals surface area contributed by atoms with Gasteiger partial charge >= 0.3 is 11.9 Å². The molecule has 0 aromatic heterocycles. The lowest BCUT2D eigenvalue weighted by molar-refractivity contribution is -0.138. The highest BCUT2D eigenvalue weighted by Crippen LogP contribution is 2.15. The van der Waals surface area contributed by atoms with Crippen LogP contribution in [-0.4, -0.2) is 29.1 Å². The number of hydrogen-bond acceptors (Lipinski definition) is 5. The topological polar surface area (TPSA) is 116 Å². The Kier molecular flexibility index (Phi) is 6.33. The fraction of sp³-hybridized carbons (Fsp3) is 0.467. The molecule has 1 aromatic rings. The summed E-state index contributed by atoms with van der Waals surface area (Å²) < 4.78 is 5.17. The highest BCUT2D eigenvalue weighted by atomic mass is 16.5. The Morgan fingerprint density at radius 2 is 1.71 bits per heavy atom. The van der Waals surface area contributed by atoms with Crippen molar-refractivity contribution < 1.29 is 19.4 Å². The van der Waals surface area contributed by atoms with E-state index in [1.54, 1.807) is 24.3 Å². The van der Waals surface area contributed by atoms with E-state index in [-0.39, 0.29) is 6.42 Å². The fourth-order valence-corrected chi connectivity index (χ4v) is 1.83. The number of carbonyl (C=O) groups excluding carboxylic acids is 1. The second kappa shape index (κ2) is 7.75. The molecule has 0 amide bonds. The molecule has 21 heavy (non-hydrogen) atoms. The Hall–Kier alpha value is -1.92. The van der Waals surface area contributed by atoms with Crippen molar-refractivity contribution in [3.8, 4) is 5.75 Å². The summed E-state index contributed by atoms with van der Waals surface area (Å²) in [6.07, 6.45) is 0.779. The van der Waals surface area contributed by atoms with E-state index >= 15 is 0 Å². The number of carbonyl (C=O) groups is 2. The summed E-state index contributed by atoms with van der Waals surface area (Å²) in [5.74, 6) is -0.830. The Bertz CT molecular complexity index is 485. The molecular weight excluding hydrogens is 272 g/mol. The largest absolute Gasteiger partial charge is 0.480 e. The molecule has 0 aliphatic rings. The normalized spacial score (nSPS) is 13.8. The number of ether oxygens (including phenoxy) is 1. The van der Waals surface area contributed by atoms with Crippen LogP contribution in [-0.2, 0) is 16.0 Å². The van der Waals surface area contributed by atoms with Gasteiger partial charge in [0.25, 0.3) is 0 Å². The lowest BCUT2D eigenvalue weighted by atomic mass is 10.0. The molecule has 0 saturated heterocycles. The number of esters is 1. The van der Waals surface area contributed by atoms with E-state index in [0.29, 0.717) is 18.1 Å². The molecule has 0 saturated carbocycles. The van der Waals surface area contributed by atoms with Crippen molar-refractivity contribution in [1.82, 2.24) is 0 Å². The van der Waals surface area contributed by atoms with Gasteiger partial charge in [-0.15, -0.1) is 0 Å². The maximum absolute atomic E-state index is 11.8. The number of rotatable bonds is 7. The van der Waals surface area contributed by atoms with E-state index in [1.807, 2.05) is 13.8 Å². The van der Waals surface area contributed by atoms with Gasteiger partial charge in [0.2, 0.25) is 0 Å². The van der Waals surface area contributed by atoms with E-state index in [0.717, 1.165) is 5.56 Å². The highest BCUT2D eigenvalue weighted by molar-refractivity contribution is 5.78. The third-order valence-electron chi connectivity index (χ3n) is 2.94. The van der Waals surface area contributed by atoms with Crippen LogP contribution in [0.4, 0.5) is 0 Å². The molecule has 2 atom stereocenters. The number of benzene rings is 1. The zero-order chi connectivity index (χ0) is 16.0. The Morgan fingerprint density at radius 3 is 2.19 bits per heavy atom. The summed E-state index contributed by atoms with van der Waals surface area (Å²) in [7, 11) is 0. The van der Waals surface area contributed by atoms with Crippen molar-refractivity contribution in [2.75, 3.05) is 0 Å². The Morgan fingerprint density at radius 1 is 1.14 bits per heavy atom. The second-order valence-corrected chi connectivity index (χ2v) is 5.45. The Balaban J connectivity index is 2.58. The molecule has 0 bridgehead atoms. The monoisotopic (exact) mass is 294 g/mol. The zero-order valence-electron chi connectivity index (χ0n) is 12.3. The molecule has 0 aliphatic carbocycles. The van der Waals surface area contributed by atoms with Gasteiger partial charge in [-0.25, -0.2) is 4.79 Å². The van der Waals surface area contributed by atoms with Gasteiger partial charge in [0, 0.05) is 0 Å². The van der Waals surface area contributed by atoms with Crippen molar-refractivity contribution in [2.45, 2.75) is 38.8 Å². The third-order valence-corrected chi connectivity index (χ3v) is 2.94. The number of aliphatic carboxylic acids is 1. The van der Waals surface area contributed by atoms with E-state index in [9.17, 15) is 9.59 Å². The van der Waals surface area contributed by atoms with E-state index in [2.05, 4.69) is 0 Å². The zero-order valence-corrected chi connectivity index (χ0v) is 12.3. The number of carboxylic acid groups (broad SMARTS) is 1. The molecule has 6 nitrogen and oxygen atoms in total. The molecule has 0 radical (unpaired) electrons. The van der Waals surface area contributed by atoms with Crippen molar-refractivity contribution in [3.63, 3.8) is 0 Å². The van der Waals surface area contributed by atoms with Gasteiger partial charge < -0.3 is 21.3 Å². The van der Waals surface area contributed by atoms with Gasteiger partial charge in [0.15, 0.2) is 0 Å². The van der Waals surface area contributed by atoms with Gasteiger partial charge in [-0.2, -0.15) is 0 Å². The molecule has 1 rings (SSSR count). The molecule has 5 N–H and O–H groups in total. The second-order valence-electron chi connectivity index (χ2n) is 5.45. The van der Waals surface area contributed by atoms with Crippen molar-refractivity contribution in [1.29, 1.82) is 0 Å². The average Bonchev–Trinajstić information content (AvgIpc) is 2.39. The van der Waals surface area contributed by atoms with Crippen LogP contribution in [0.3, 0.4) is 0 Å². The quantitative estimate of drug-likeness (QED) is 0.508. The molecule has 0 fully saturated rings. The summed E-state index contributed by atoms with van der Waals surface area (Å²) in [6, 6.07) is 4.97. The molecule has 0 aliphatic heterocycles. The molecule has 6 heteroatoms. The molecule has 116 valence electrons. The summed E-state index contributed by atoms with van der Waals surface area (Å²) in [6.45, 7) is 3.96. The van der Waals surface area contributed by atoms with Crippen LogP contribution in [0.2, 0.25) is 0 Å². The van der Waals surface area contributed by atoms with Crippen LogP contribution < -0.4 is 16.2 Å². The predicted molar refractivity (Wildman–Crippen MR) is 78.8 cm³/mol. The molecule has 1 aromatic carbocycles. The number of nitrogens with two attached hydrogens (primary N) is 2. The first-order chi connectivity index (χ1) is 9.79. The van der Waals surface area contributed by atoms with Gasteiger partial charge in [-0.05, 0) is 36.5 Å². The summed E-state index contributed by atoms with van der Waals surface area (Å²) >= 11 is 0. The van der Waals surface area contributed by atoms with Crippen molar-refractivity contribution in [2.24, 2.45) is 17.4 Å². The van der Waals surface area contributed by atoms with Crippen LogP contribution in [0.1, 0.15) is 25.8 Å². The standard InChI is InChI=1S/C15H22N2O4/c1-9(2)7-13(17)15(20)21-11-5-3-10(4-6-11)8-12(16)14(18)19/h3-6,9,12-13H,7-8,16-17H2,1-2H3,(H,18,19)/t12-,13-/m0/s1. The molecule has 0 unspecified atom stereocenters. The van der Waals surface area contributed by atoms with Gasteiger partial charge in [0.05, 0.1) is 0 Å². The third kappa shape index (κ3) is 5.93. The minimum absolute atomic E-state index is 0.219. The Labute approximate surface area is 124 Å². The first-order valence-electron chi connectivity index (χ1n) is 6.84. The van der Waals surface area contributed by atoms with Crippen LogP contribution in [0, 0.1) is 5.92 Å². The van der Waals surface area contributed by atoms with Gasteiger partial charge in [0.1, 0.15) is 17.8 Å². The smallest absolute Gasteiger partial charge is 0.328 e. The van der Waals surface area contributed by atoms with E-state index < -0.39 is 24.0 Å². The summed E-state index contributed by atoms with van der Waals surface area (Å²) in [4.78, 5) is 22.4. The van der Waals surface area contributed by atoms with E-state index in [4.69, 9.17) is 21.3 Å². The minimum atomic E-state index is -1.05. The van der Waals surface area contributed by atoms with E-state index in [1.165, 1.54) is 0 Å². The van der Waals surface area contributed by atoms with Crippen LogP contribution >= 0.6 is 0 Å². The SMILES string of the molecule is CC(C)C[C@H](N)C(=O)Oc1ccc(C[C@H](N)C(=O)O)cc1. The van der Waals surface area contributed by atoms with Crippen LogP contribution in [0.15, 0.2) is 24.3 Å². The summed E-state index contributed by atoms with van der Waals surface area (Å²) in [5, 5.41) is 8.74. The molecule has 0 heterocycles. The highest BCUT2D eigenvalue weighted by Gasteiger charge is 2.17. The van der Waals surface area contributed by atoms with Crippen molar-refractivity contribution >= 4 is 11.9 Å². The molecular formula is C15H22N2O4. The lowest BCUT2D eigenvalue weighted by Crippen LogP contribution is -2.35. The maximum Gasteiger partial charge on any atom is 0.328 e. The maximum atomic E-state index is 11.8. The van der Waals surface area contributed by atoms with Gasteiger partial charge in [-0.1, -0.05) is 26.0 Å². The van der Waals surface area contributed by atoms with Gasteiger partial charge in [-0.3, -0.25) is 4.79 Å². The average molecular weight is 294 g/mol. The van der Waals surface area contributed by atoms with Crippen LogP contribution in [0.25, 0.3) is 0 Å². The summed E-state index contributed by atoms with van der Waals surface area (Å²) in [5.41, 5.74) is 12.0. The lowest BCUT2D eigenvalue weighted by Gasteiger charge is -2.13. The fourth-order valence-electron chi connectivity index (χ4n) is 1.83.